The van der Waals surface area contributed by atoms with Gasteiger partial charge in [0, 0.05) is 24.6 Å². The number of aliphatic carboxylic acids is 1. The standard InChI is InChI=1S/C13H15NO4S/c15-9-3-1-2-8(4-9)5-11(13(17)18)14-7-10(19)6-12(14)16/h1-4,10-11,15,19H,5-7H2,(H,17,18)/t10?,11-/m0/s1. The predicted octanol–water partition coefficient (Wildman–Crippen LogP) is 0.919. The first-order chi connectivity index (χ1) is 8.97. The number of aromatic hydroxyl groups is 1. The molecule has 0 saturated carbocycles. The summed E-state index contributed by atoms with van der Waals surface area (Å²) in [5, 5.41) is 18.6. The zero-order valence-corrected chi connectivity index (χ0v) is 11.1. The van der Waals surface area contributed by atoms with Crippen LogP contribution in [0.4, 0.5) is 0 Å². The second-order valence-corrected chi connectivity index (χ2v) is 5.36. The highest BCUT2D eigenvalue weighted by Crippen LogP contribution is 2.22. The monoisotopic (exact) mass is 281 g/mol. The van der Waals surface area contributed by atoms with Gasteiger partial charge < -0.3 is 15.1 Å². The van der Waals surface area contributed by atoms with Crippen molar-refractivity contribution < 1.29 is 19.8 Å². The van der Waals surface area contributed by atoms with Crippen molar-refractivity contribution in [3.8, 4) is 5.75 Å². The number of carbonyl (C=O) groups is 2. The van der Waals surface area contributed by atoms with Gasteiger partial charge in [0.15, 0.2) is 0 Å². The molecule has 1 aromatic rings. The third kappa shape index (κ3) is 3.20. The van der Waals surface area contributed by atoms with Crippen LogP contribution in [0.2, 0.25) is 0 Å². The Bertz CT molecular complexity index is 505. The molecule has 0 aliphatic carbocycles. The van der Waals surface area contributed by atoms with Crippen molar-refractivity contribution in [3.63, 3.8) is 0 Å². The van der Waals surface area contributed by atoms with Gasteiger partial charge in [-0.25, -0.2) is 4.79 Å². The number of benzene rings is 1. The van der Waals surface area contributed by atoms with Crippen LogP contribution in [0.3, 0.4) is 0 Å². The van der Waals surface area contributed by atoms with Crippen molar-refractivity contribution in [3.05, 3.63) is 29.8 Å². The maximum absolute atomic E-state index is 11.8. The van der Waals surface area contributed by atoms with E-state index in [9.17, 15) is 19.8 Å². The summed E-state index contributed by atoms with van der Waals surface area (Å²) in [6, 6.07) is 5.50. The molecule has 1 aliphatic heterocycles. The van der Waals surface area contributed by atoms with E-state index in [1.807, 2.05) is 0 Å². The molecule has 19 heavy (non-hydrogen) atoms. The Balaban J connectivity index is 2.17. The summed E-state index contributed by atoms with van der Waals surface area (Å²) in [6.07, 6.45) is 0.447. The van der Waals surface area contributed by atoms with E-state index >= 15 is 0 Å². The van der Waals surface area contributed by atoms with E-state index in [1.165, 1.54) is 17.0 Å². The van der Waals surface area contributed by atoms with Crippen molar-refractivity contribution >= 4 is 24.5 Å². The summed E-state index contributed by atoms with van der Waals surface area (Å²) < 4.78 is 0. The van der Waals surface area contributed by atoms with Crippen LogP contribution in [-0.4, -0.2) is 44.8 Å². The Labute approximate surface area is 116 Å². The topological polar surface area (TPSA) is 77.8 Å². The summed E-state index contributed by atoms with van der Waals surface area (Å²) in [6.45, 7) is 0.345. The molecule has 5 nitrogen and oxygen atoms in total. The average Bonchev–Trinajstić information content (AvgIpc) is 2.65. The van der Waals surface area contributed by atoms with Gasteiger partial charge in [-0.1, -0.05) is 12.1 Å². The van der Waals surface area contributed by atoms with E-state index in [0.717, 1.165) is 0 Å². The van der Waals surface area contributed by atoms with Gasteiger partial charge in [0.2, 0.25) is 5.91 Å². The lowest BCUT2D eigenvalue weighted by molar-refractivity contribution is -0.148. The molecule has 1 saturated heterocycles. The molecule has 1 aromatic carbocycles. The highest BCUT2D eigenvalue weighted by Gasteiger charge is 2.36. The van der Waals surface area contributed by atoms with Crippen molar-refractivity contribution in [1.29, 1.82) is 0 Å². The van der Waals surface area contributed by atoms with Gasteiger partial charge >= 0.3 is 5.97 Å². The van der Waals surface area contributed by atoms with Crippen LogP contribution in [-0.2, 0) is 16.0 Å². The van der Waals surface area contributed by atoms with Gasteiger partial charge in [0.25, 0.3) is 0 Å². The minimum absolute atomic E-state index is 0.0847. The van der Waals surface area contributed by atoms with Gasteiger partial charge in [0.1, 0.15) is 11.8 Å². The van der Waals surface area contributed by atoms with Crippen molar-refractivity contribution in [1.82, 2.24) is 4.90 Å². The first kappa shape index (κ1) is 13.7. The minimum atomic E-state index is -1.04. The lowest BCUT2D eigenvalue weighted by atomic mass is 10.0. The molecule has 2 N–H and O–H groups in total. The lowest BCUT2D eigenvalue weighted by Crippen LogP contribution is -2.43. The first-order valence-corrected chi connectivity index (χ1v) is 6.47. The van der Waals surface area contributed by atoms with E-state index < -0.39 is 12.0 Å². The highest BCUT2D eigenvalue weighted by molar-refractivity contribution is 7.81. The third-order valence-corrected chi connectivity index (χ3v) is 3.48. The molecule has 1 unspecified atom stereocenters. The zero-order chi connectivity index (χ0) is 14.0. The second kappa shape index (κ2) is 5.52. The maximum atomic E-state index is 11.8. The number of hydrogen-bond acceptors (Lipinski definition) is 4. The number of likely N-dealkylation sites (tertiary alicyclic amines) is 1. The Kier molecular flexibility index (Phi) is 3.99. The van der Waals surface area contributed by atoms with Gasteiger partial charge in [-0.2, -0.15) is 12.6 Å². The average molecular weight is 281 g/mol. The summed E-state index contributed by atoms with van der Waals surface area (Å²) in [5.74, 6) is -1.15. The molecule has 0 spiro atoms. The van der Waals surface area contributed by atoms with Crippen LogP contribution in [0, 0.1) is 0 Å². The van der Waals surface area contributed by atoms with Gasteiger partial charge in [-0.05, 0) is 17.7 Å². The van der Waals surface area contributed by atoms with Crippen molar-refractivity contribution in [2.45, 2.75) is 24.1 Å². The van der Waals surface area contributed by atoms with Gasteiger partial charge in [-0.3, -0.25) is 4.79 Å². The molecule has 102 valence electrons. The van der Waals surface area contributed by atoms with E-state index in [2.05, 4.69) is 12.6 Å². The van der Waals surface area contributed by atoms with Gasteiger partial charge in [0.05, 0.1) is 0 Å². The number of phenols is 1. The molecular weight excluding hydrogens is 266 g/mol. The molecular formula is C13H15NO4S. The fourth-order valence-electron chi connectivity index (χ4n) is 2.25. The largest absolute Gasteiger partial charge is 0.508 e. The fourth-order valence-corrected chi connectivity index (χ4v) is 2.58. The van der Waals surface area contributed by atoms with Crippen LogP contribution in [0.25, 0.3) is 0 Å². The number of carbonyl (C=O) groups excluding carboxylic acids is 1. The predicted molar refractivity (Wildman–Crippen MR) is 72.3 cm³/mol. The maximum Gasteiger partial charge on any atom is 0.326 e. The van der Waals surface area contributed by atoms with Crippen molar-refractivity contribution in [2.24, 2.45) is 0 Å². The quantitative estimate of drug-likeness (QED) is 0.717. The van der Waals surface area contributed by atoms with Crippen LogP contribution in [0.5, 0.6) is 5.75 Å². The Morgan fingerprint density at radius 3 is 2.79 bits per heavy atom. The second-order valence-electron chi connectivity index (χ2n) is 4.63. The van der Waals surface area contributed by atoms with E-state index in [0.29, 0.717) is 12.1 Å². The molecule has 0 aromatic heterocycles. The first-order valence-electron chi connectivity index (χ1n) is 5.95. The van der Waals surface area contributed by atoms with Crippen LogP contribution in [0.1, 0.15) is 12.0 Å². The number of carboxylic acids is 1. The zero-order valence-electron chi connectivity index (χ0n) is 10.2. The van der Waals surface area contributed by atoms with Crippen LogP contribution in [0.15, 0.2) is 24.3 Å². The molecule has 1 fully saturated rings. The molecule has 1 aliphatic rings. The number of amides is 1. The van der Waals surface area contributed by atoms with Crippen LogP contribution < -0.4 is 0 Å². The van der Waals surface area contributed by atoms with E-state index in [4.69, 9.17) is 0 Å². The smallest absolute Gasteiger partial charge is 0.326 e. The summed E-state index contributed by atoms with van der Waals surface area (Å²) >= 11 is 4.22. The third-order valence-electron chi connectivity index (χ3n) is 3.14. The number of thiol groups is 1. The minimum Gasteiger partial charge on any atom is -0.508 e. The molecule has 2 rings (SSSR count). The van der Waals surface area contributed by atoms with Crippen molar-refractivity contribution in [2.75, 3.05) is 6.54 Å². The summed E-state index contributed by atoms with van der Waals surface area (Å²) in [7, 11) is 0. The molecule has 0 bridgehead atoms. The Morgan fingerprint density at radius 1 is 1.53 bits per heavy atom. The molecule has 2 atom stereocenters. The number of nitrogens with zero attached hydrogens (tertiary/aromatic N) is 1. The molecule has 1 amide bonds. The van der Waals surface area contributed by atoms with E-state index in [-0.39, 0.29) is 29.7 Å². The Morgan fingerprint density at radius 2 is 2.26 bits per heavy atom. The number of carboxylic acid groups (broad SMARTS) is 1. The molecule has 6 heteroatoms. The highest BCUT2D eigenvalue weighted by atomic mass is 32.1. The lowest BCUT2D eigenvalue weighted by Gasteiger charge is -2.24. The summed E-state index contributed by atoms with van der Waals surface area (Å²) in [5.41, 5.74) is 0.683. The fraction of sp³-hybridized carbons (Fsp3) is 0.385. The molecule has 1 heterocycles. The SMILES string of the molecule is O=C(O)[C@H](Cc1cccc(O)c1)N1CC(S)CC1=O. The number of rotatable bonds is 4. The van der Waals surface area contributed by atoms with Gasteiger partial charge in [-0.15, -0.1) is 0 Å². The Hall–Kier alpha value is -1.69. The number of phenolic OH excluding ortho intramolecular Hbond substituents is 1. The number of hydrogen-bond donors (Lipinski definition) is 3. The van der Waals surface area contributed by atoms with E-state index in [1.54, 1.807) is 12.1 Å². The molecule has 0 radical (unpaired) electrons. The summed E-state index contributed by atoms with van der Waals surface area (Å²) in [4.78, 5) is 24.4. The van der Waals surface area contributed by atoms with Crippen LogP contribution >= 0.6 is 12.6 Å². The normalized spacial score (nSPS) is 20.6.